The molecular formula is C12H23F3N2. The Kier molecular flexibility index (Phi) is 5.73. The molecule has 17 heavy (non-hydrogen) atoms. The standard InChI is InChI=1S/C12H23F3N2/c1-2-4-11(6-8-17-10-11)9-16-7-3-5-12(13,14)15/h16-17H,2-10H2,1H3. The average Bonchev–Trinajstić information content (AvgIpc) is 2.65. The Morgan fingerprint density at radius 3 is 2.65 bits per heavy atom. The Morgan fingerprint density at radius 1 is 1.35 bits per heavy atom. The highest BCUT2D eigenvalue weighted by molar-refractivity contribution is 4.89. The Hall–Kier alpha value is -0.290. The quantitative estimate of drug-likeness (QED) is 0.681. The van der Waals surface area contributed by atoms with Crippen LogP contribution in [0, 0.1) is 5.41 Å². The fourth-order valence-electron chi connectivity index (χ4n) is 2.55. The summed E-state index contributed by atoms with van der Waals surface area (Å²) in [5, 5.41) is 6.53. The lowest BCUT2D eigenvalue weighted by Crippen LogP contribution is -2.36. The minimum Gasteiger partial charge on any atom is -0.316 e. The molecule has 0 aromatic carbocycles. The zero-order valence-electron chi connectivity index (χ0n) is 10.5. The second-order valence-corrected chi connectivity index (χ2v) is 5.07. The fourth-order valence-corrected chi connectivity index (χ4v) is 2.55. The van der Waals surface area contributed by atoms with E-state index in [0.717, 1.165) is 38.9 Å². The van der Waals surface area contributed by atoms with Crippen molar-refractivity contribution in [3.63, 3.8) is 0 Å². The van der Waals surface area contributed by atoms with Crippen molar-refractivity contribution in [3.8, 4) is 0 Å². The number of alkyl halides is 3. The fraction of sp³-hybridized carbons (Fsp3) is 1.00. The van der Waals surface area contributed by atoms with Crippen molar-refractivity contribution in [2.75, 3.05) is 26.2 Å². The molecule has 0 saturated carbocycles. The van der Waals surface area contributed by atoms with E-state index in [1.165, 1.54) is 0 Å². The molecule has 1 unspecified atom stereocenters. The summed E-state index contributed by atoms with van der Waals surface area (Å²) in [5.74, 6) is 0. The molecule has 5 heteroatoms. The first-order valence-corrected chi connectivity index (χ1v) is 6.46. The van der Waals surface area contributed by atoms with Gasteiger partial charge < -0.3 is 10.6 Å². The molecule has 0 radical (unpaired) electrons. The zero-order chi connectivity index (χ0) is 12.8. The summed E-state index contributed by atoms with van der Waals surface area (Å²) in [6.07, 6.45) is -1.11. The van der Waals surface area contributed by atoms with Crippen LogP contribution < -0.4 is 10.6 Å². The average molecular weight is 252 g/mol. The van der Waals surface area contributed by atoms with Gasteiger partial charge in [-0.25, -0.2) is 0 Å². The van der Waals surface area contributed by atoms with Gasteiger partial charge in [-0.05, 0) is 37.8 Å². The Labute approximate surface area is 101 Å². The molecule has 1 atom stereocenters. The summed E-state index contributed by atoms with van der Waals surface area (Å²) in [7, 11) is 0. The van der Waals surface area contributed by atoms with Crippen LogP contribution in [0.2, 0.25) is 0 Å². The first-order chi connectivity index (χ1) is 7.97. The number of rotatable bonds is 7. The van der Waals surface area contributed by atoms with Crippen molar-refractivity contribution in [3.05, 3.63) is 0 Å². The molecule has 2 N–H and O–H groups in total. The van der Waals surface area contributed by atoms with Gasteiger partial charge in [0.2, 0.25) is 0 Å². The smallest absolute Gasteiger partial charge is 0.316 e. The third-order valence-electron chi connectivity index (χ3n) is 3.43. The largest absolute Gasteiger partial charge is 0.389 e. The van der Waals surface area contributed by atoms with Crippen LogP contribution in [0.15, 0.2) is 0 Å². The van der Waals surface area contributed by atoms with E-state index >= 15 is 0 Å². The van der Waals surface area contributed by atoms with Crippen LogP contribution in [0.5, 0.6) is 0 Å². The summed E-state index contributed by atoms with van der Waals surface area (Å²) in [4.78, 5) is 0. The molecule has 0 spiro atoms. The van der Waals surface area contributed by atoms with E-state index in [0.29, 0.717) is 6.54 Å². The molecule has 1 heterocycles. The molecule has 2 nitrogen and oxygen atoms in total. The number of halogens is 3. The van der Waals surface area contributed by atoms with E-state index < -0.39 is 12.6 Å². The van der Waals surface area contributed by atoms with Crippen LogP contribution in [-0.4, -0.2) is 32.4 Å². The highest BCUT2D eigenvalue weighted by atomic mass is 19.4. The highest BCUT2D eigenvalue weighted by Crippen LogP contribution is 2.30. The molecule has 1 fully saturated rings. The Bertz CT molecular complexity index is 210. The first kappa shape index (κ1) is 14.8. The predicted molar refractivity (Wildman–Crippen MR) is 63.0 cm³/mol. The topological polar surface area (TPSA) is 24.1 Å². The summed E-state index contributed by atoms with van der Waals surface area (Å²) in [6, 6.07) is 0. The molecule has 0 bridgehead atoms. The van der Waals surface area contributed by atoms with Crippen molar-refractivity contribution in [1.29, 1.82) is 0 Å². The van der Waals surface area contributed by atoms with Crippen molar-refractivity contribution in [2.24, 2.45) is 5.41 Å². The summed E-state index contributed by atoms with van der Waals surface area (Å²) < 4.78 is 35.8. The maximum absolute atomic E-state index is 11.9. The maximum Gasteiger partial charge on any atom is 0.389 e. The Balaban J connectivity index is 2.15. The molecule has 1 aliphatic rings. The van der Waals surface area contributed by atoms with Gasteiger partial charge in [-0.2, -0.15) is 13.2 Å². The van der Waals surface area contributed by atoms with E-state index in [1.807, 2.05) is 0 Å². The van der Waals surface area contributed by atoms with Crippen LogP contribution >= 0.6 is 0 Å². The molecule has 0 amide bonds. The van der Waals surface area contributed by atoms with Crippen LogP contribution in [0.25, 0.3) is 0 Å². The predicted octanol–water partition coefficient (Wildman–Crippen LogP) is 2.70. The number of hydrogen-bond acceptors (Lipinski definition) is 2. The van der Waals surface area contributed by atoms with E-state index in [-0.39, 0.29) is 11.8 Å². The second kappa shape index (κ2) is 6.59. The van der Waals surface area contributed by atoms with Gasteiger partial charge in [-0.1, -0.05) is 13.3 Å². The van der Waals surface area contributed by atoms with Crippen LogP contribution in [0.4, 0.5) is 13.2 Å². The summed E-state index contributed by atoms with van der Waals surface area (Å²) in [6.45, 7) is 5.48. The highest BCUT2D eigenvalue weighted by Gasteiger charge is 2.32. The van der Waals surface area contributed by atoms with Crippen molar-refractivity contribution in [1.82, 2.24) is 10.6 Å². The van der Waals surface area contributed by atoms with Gasteiger partial charge in [0.25, 0.3) is 0 Å². The SMILES string of the molecule is CCCC1(CNCCCC(F)(F)F)CCNC1. The van der Waals surface area contributed by atoms with Gasteiger partial charge in [0.1, 0.15) is 0 Å². The van der Waals surface area contributed by atoms with E-state index in [2.05, 4.69) is 17.6 Å². The lowest BCUT2D eigenvalue weighted by atomic mass is 9.82. The minimum atomic E-state index is -4.02. The minimum absolute atomic E-state index is 0.180. The molecule has 0 aliphatic carbocycles. The molecule has 0 aromatic rings. The molecular weight excluding hydrogens is 229 g/mol. The van der Waals surface area contributed by atoms with Crippen molar-refractivity contribution >= 4 is 0 Å². The third kappa shape index (κ3) is 5.73. The number of hydrogen-bond donors (Lipinski definition) is 2. The van der Waals surface area contributed by atoms with Gasteiger partial charge >= 0.3 is 6.18 Å². The molecule has 1 rings (SSSR count). The van der Waals surface area contributed by atoms with Gasteiger partial charge in [0.15, 0.2) is 0 Å². The molecule has 0 aromatic heterocycles. The van der Waals surface area contributed by atoms with Gasteiger partial charge in [0.05, 0.1) is 0 Å². The first-order valence-electron chi connectivity index (χ1n) is 6.46. The normalized spacial score (nSPS) is 25.4. The summed E-state index contributed by atoms with van der Waals surface area (Å²) in [5.41, 5.74) is 0.271. The van der Waals surface area contributed by atoms with E-state index in [1.54, 1.807) is 0 Å². The van der Waals surface area contributed by atoms with Crippen LogP contribution in [0.3, 0.4) is 0 Å². The monoisotopic (exact) mass is 252 g/mol. The third-order valence-corrected chi connectivity index (χ3v) is 3.43. The number of nitrogens with one attached hydrogen (secondary N) is 2. The van der Waals surface area contributed by atoms with Gasteiger partial charge in [-0.3, -0.25) is 0 Å². The molecule has 102 valence electrons. The van der Waals surface area contributed by atoms with Gasteiger partial charge in [-0.15, -0.1) is 0 Å². The molecule has 1 saturated heterocycles. The van der Waals surface area contributed by atoms with Crippen molar-refractivity contribution < 1.29 is 13.2 Å². The van der Waals surface area contributed by atoms with Crippen LogP contribution in [0.1, 0.15) is 39.0 Å². The Morgan fingerprint density at radius 2 is 2.12 bits per heavy atom. The lowest BCUT2D eigenvalue weighted by Gasteiger charge is -2.28. The summed E-state index contributed by atoms with van der Waals surface area (Å²) >= 11 is 0. The van der Waals surface area contributed by atoms with E-state index in [4.69, 9.17) is 0 Å². The van der Waals surface area contributed by atoms with Crippen molar-refractivity contribution in [2.45, 2.75) is 45.2 Å². The second-order valence-electron chi connectivity index (χ2n) is 5.07. The molecule has 1 aliphatic heterocycles. The van der Waals surface area contributed by atoms with Gasteiger partial charge in [0, 0.05) is 19.5 Å². The maximum atomic E-state index is 11.9. The van der Waals surface area contributed by atoms with Crippen LogP contribution in [-0.2, 0) is 0 Å². The zero-order valence-corrected chi connectivity index (χ0v) is 10.5. The lowest BCUT2D eigenvalue weighted by molar-refractivity contribution is -0.135. The van der Waals surface area contributed by atoms with E-state index in [9.17, 15) is 13.2 Å².